The molecule has 1 aromatic rings. The quantitative estimate of drug-likeness (QED) is 0.897. The largest absolute Gasteiger partial charge is 0.364 e. The van der Waals surface area contributed by atoms with Gasteiger partial charge >= 0.3 is 0 Å². The minimum atomic E-state index is -0.358. The number of aromatic nitrogens is 1. The SMILES string of the molecule is O=C1CN(Cc2ccon2)C(=O)C(C2CCCCC2)N1. The van der Waals surface area contributed by atoms with Crippen LogP contribution in [0.1, 0.15) is 37.8 Å². The average molecular weight is 277 g/mol. The van der Waals surface area contributed by atoms with Crippen LogP contribution in [0.4, 0.5) is 0 Å². The fourth-order valence-corrected chi connectivity index (χ4v) is 3.16. The van der Waals surface area contributed by atoms with E-state index in [-0.39, 0.29) is 30.3 Å². The number of amides is 2. The second kappa shape index (κ2) is 5.64. The first kappa shape index (κ1) is 13.1. The van der Waals surface area contributed by atoms with Crippen LogP contribution in [0.25, 0.3) is 0 Å². The van der Waals surface area contributed by atoms with E-state index in [2.05, 4.69) is 10.5 Å². The smallest absolute Gasteiger partial charge is 0.246 e. The highest BCUT2D eigenvalue weighted by atomic mass is 16.5. The predicted molar refractivity (Wildman–Crippen MR) is 70.4 cm³/mol. The summed E-state index contributed by atoms with van der Waals surface area (Å²) in [7, 11) is 0. The fourth-order valence-electron chi connectivity index (χ4n) is 3.16. The van der Waals surface area contributed by atoms with Gasteiger partial charge in [-0.2, -0.15) is 0 Å². The molecule has 6 heteroatoms. The van der Waals surface area contributed by atoms with Gasteiger partial charge in [-0.05, 0) is 18.8 Å². The average Bonchev–Trinajstić information content (AvgIpc) is 2.96. The topological polar surface area (TPSA) is 75.4 Å². The highest BCUT2D eigenvalue weighted by Gasteiger charge is 2.38. The van der Waals surface area contributed by atoms with Gasteiger partial charge < -0.3 is 14.7 Å². The van der Waals surface area contributed by atoms with Crippen LogP contribution in [-0.4, -0.2) is 34.5 Å². The van der Waals surface area contributed by atoms with Crippen molar-refractivity contribution in [3.63, 3.8) is 0 Å². The highest BCUT2D eigenvalue weighted by molar-refractivity contribution is 5.95. The third-order valence-corrected chi connectivity index (χ3v) is 4.19. The molecule has 2 amide bonds. The third-order valence-electron chi connectivity index (χ3n) is 4.19. The van der Waals surface area contributed by atoms with Crippen molar-refractivity contribution in [2.45, 2.75) is 44.7 Å². The Morgan fingerprint density at radius 2 is 2.10 bits per heavy atom. The van der Waals surface area contributed by atoms with Crippen molar-refractivity contribution >= 4 is 11.8 Å². The molecule has 2 aliphatic rings. The van der Waals surface area contributed by atoms with Gasteiger partial charge in [-0.3, -0.25) is 9.59 Å². The summed E-state index contributed by atoms with van der Waals surface area (Å²) < 4.78 is 4.77. The van der Waals surface area contributed by atoms with Gasteiger partial charge in [0, 0.05) is 6.07 Å². The van der Waals surface area contributed by atoms with Gasteiger partial charge in [-0.25, -0.2) is 0 Å². The number of carbonyl (C=O) groups excluding carboxylic acids is 2. The van der Waals surface area contributed by atoms with Gasteiger partial charge in [0.2, 0.25) is 11.8 Å². The first-order chi connectivity index (χ1) is 9.74. The molecular weight excluding hydrogens is 258 g/mol. The predicted octanol–water partition coefficient (Wildman–Crippen LogP) is 1.08. The summed E-state index contributed by atoms with van der Waals surface area (Å²) in [5.41, 5.74) is 0.676. The zero-order valence-electron chi connectivity index (χ0n) is 11.4. The van der Waals surface area contributed by atoms with Gasteiger partial charge in [0.1, 0.15) is 24.5 Å². The van der Waals surface area contributed by atoms with E-state index >= 15 is 0 Å². The van der Waals surface area contributed by atoms with Crippen LogP contribution in [0.3, 0.4) is 0 Å². The van der Waals surface area contributed by atoms with Crippen LogP contribution >= 0.6 is 0 Å². The monoisotopic (exact) mass is 277 g/mol. The lowest BCUT2D eigenvalue weighted by atomic mass is 9.82. The minimum absolute atomic E-state index is 0.0134. The molecule has 6 nitrogen and oxygen atoms in total. The lowest BCUT2D eigenvalue weighted by Gasteiger charge is -2.37. The van der Waals surface area contributed by atoms with Crippen molar-refractivity contribution in [1.82, 2.24) is 15.4 Å². The Bertz CT molecular complexity index is 480. The molecule has 108 valence electrons. The summed E-state index contributed by atoms with van der Waals surface area (Å²) in [6.45, 7) is 0.445. The lowest BCUT2D eigenvalue weighted by Crippen LogP contribution is -2.60. The Morgan fingerprint density at radius 3 is 2.80 bits per heavy atom. The zero-order valence-corrected chi connectivity index (χ0v) is 11.4. The molecule has 1 aliphatic heterocycles. The Balaban J connectivity index is 1.71. The first-order valence-corrected chi connectivity index (χ1v) is 7.21. The summed E-state index contributed by atoms with van der Waals surface area (Å²) in [5.74, 6) is 0.212. The number of carbonyl (C=O) groups is 2. The molecule has 2 heterocycles. The Kier molecular flexibility index (Phi) is 3.71. The molecule has 1 N–H and O–H groups in total. The normalized spacial score (nSPS) is 24.8. The molecule has 1 unspecified atom stereocenters. The maximum Gasteiger partial charge on any atom is 0.246 e. The summed E-state index contributed by atoms with van der Waals surface area (Å²) >= 11 is 0. The molecule has 3 rings (SSSR count). The van der Waals surface area contributed by atoms with E-state index in [4.69, 9.17) is 4.52 Å². The number of nitrogens with zero attached hydrogens (tertiary/aromatic N) is 2. The van der Waals surface area contributed by atoms with Crippen molar-refractivity contribution in [1.29, 1.82) is 0 Å². The fraction of sp³-hybridized carbons (Fsp3) is 0.643. The number of piperazine rings is 1. The molecule has 20 heavy (non-hydrogen) atoms. The molecule has 1 aliphatic carbocycles. The molecule has 1 atom stereocenters. The molecule has 0 aromatic carbocycles. The van der Waals surface area contributed by atoms with Crippen LogP contribution in [0.5, 0.6) is 0 Å². The van der Waals surface area contributed by atoms with Crippen LogP contribution in [0.15, 0.2) is 16.9 Å². The van der Waals surface area contributed by atoms with Crippen LogP contribution in [0.2, 0.25) is 0 Å². The van der Waals surface area contributed by atoms with Gasteiger partial charge in [0.05, 0.1) is 6.54 Å². The maximum absolute atomic E-state index is 12.5. The third kappa shape index (κ3) is 2.69. The van der Waals surface area contributed by atoms with Crippen molar-refractivity contribution in [2.75, 3.05) is 6.54 Å². The van der Waals surface area contributed by atoms with Gasteiger partial charge in [0.25, 0.3) is 0 Å². The van der Waals surface area contributed by atoms with Crippen molar-refractivity contribution in [3.8, 4) is 0 Å². The van der Waals surface area contributed by atoms with Gasteiger partial charge in [-0.1, -0.05) is 24.4 Å². The molecule has 0 radical (unpaired) electrons. The van der Waals surface area contributed by atoms with Crippen LogP contribution < -0.4 is 5.32 Å². The van der Waals surface area contributed by atoms with Crippen LogP contribution in [-0.2, 0) is 16.1 Å². The van der Waals surface area contributed by atoms with Gasteiger partial charge in [0.15, 0.2) is 0 Å². The second-order valence-electron chi connectivity index (χ2n) is 5.63. The molecule has 2 fully saturated rings. The highest BCUT2D eigenvalue weighted by Crippen LogP contribution is 2.28. The zero-order chi connectivity index (χ0) is 13.9. The number of hydrogen-bond donors (Lipinski definition) is 1. The van der Waals surface area contributed by atoms with E-state index in [1.54, 1.807) is 11.0 Å². The Hall–Kier alpha value is -1.85. The molecule has 1 saturated heterocycles. The molecule has 1 aromatic heterocycles. The summed E-state index contributed by atoms with van der Waals surface area (Å²) in [4.78, 5) is 26.0. The van der Waals surface area contributed by atoms with Gasteiger partial charge in [-0.15, -0.1) is 0 Å². The van der Waals surface area contributed by atoms with E-state index < -0.39 is 0 Å². The van der Waals surface area contributed by atoms with E-state index in [9.17, 15) is 9.59 Å². The molecule has 0 spiro atoms. The van der Waals surface area contributed by atoms with Crippen molar-refractivity contribution < 1.29 is 14.1 Å². The molecule has 1 saturated carbocycles. The van der Waals surface area contributed by atoms with E-state index in [0.717, 1.165) is 25.7 Å². The first-order valence-electron chi connectivity index (χ1n) is 7.21. The maximum atomic E-state index is 12.5. The lowest BCUT2D eigenvalue weighted by molar-refractivity contribution is -0.146. The number of nitrogens with one attached hydrogen (secondary N) is 1. The van der Waals surface area contributed by atoms with E-state index in [0.29, 0.717) is 12.2 Å². The summed E-state index contributed by atoms with van der Waals surface area (Å²) in [6, 6.07) is 1.36. The standard InChI is InChI=1S/C14H19N3O3/c18-12-9-17(8-11-6-7-20-16-11)14(19)13(15-12)10-4-2-1-3-5-10/h6-7,10,13H,1-5,8-9H2,(H,15,18). The molecule has 0 bridgehead atoms. The second-order valence-corrected chi connectivity index (χ2v) is 5.63. The summed E-state index contributed by atoms with van der Waals surface area (Å²) in [5, 5.41) is 6.68. The summed E-state index contributed by atoms with van der Waals surface area (Å²) in [6.07, 6.45) is 7.04. The van der Waals surface area contributed by atoms with E-state index in [1.807, 2.05) is 0 Å². The Labute approximate surface area is 117 Å². The van der Waals surface area contributed by atoms with Crippen LogP contribution in [0, 0.1) is 5.92 Å². The van der Waals surface area contributed by atoms with E-state index in [1.165, 1.54) is 12.7 Å². The van der Waals surface area contributed by atoms with Crippen molar-refractivity contribution in [2.24, 2.45) is 5.92 Å². The number of hydrogen-bond acceptors (Lipinski definition) is 4. The minimum Gasteiger partial charge on any atom is -0.364 e. The Morgan fingerprint density at radius 1 is 1.30 bits per heavy atom. The number of rotatable bonds is 3. The molecular formula is C14H19N3O3. The van der Waals surface area contributed by atoms with Crippen molar-refractivity contribution in [3.05, 3.63) is 18.0 Å².